The van der Waals surface area contributed by atoms with Gasteiger partial charge in [0.15, 0.2) is 0 Å². The van der Waals surface area contributed by atoms with E-state index in [2.05, 4.69) is 9.97 Å². The Hall–Kier alpha value is -1.30. The van der Waals surface area contributed by atoms with Crippen LogP contribution < -0.4 is 32.5 Å². The topological polar surface area (TPSA) is 48.4 Å². The molecule has 0 spiro atoms. The molecule has 1 aromatic heterocycles. The van der Waals surface area contributed by atoms with Gasteiger partial charge in [0.2, 0.25) is 0 Å². The van der Waals surface area contributed by atoms with E-state index in [-0.39, 0.29) is 12.4 Å². The van der Waals surface area contributed by atoms with Crippen LogP contribution in [0.3, 0.4) is 0 Å². The van der Waals surface area contributed by atoms with E-state index in [0.717, 1.165) is 0 Å². The van der Waals surface area contributed by atoms with Crippen LogP contribution in [0.15, 0.2) is 4.42 Å². The Bertz CT molecular complexity index is 379. The largest absolute Gasteiger partial charge is 1.00 e. The summed E-state index contributed by atoms with van der Waals surface area (Å²) in [4.78, 5) is 12.2. The molecular weight excluding hydrogens is 230 g/mol. The number of rotatable bonds is 2. The molecule has 0 radical (unpaired) electrons. The highest BCUT2D eigenvalue weighted by Gasteiger charge is 2.14. The molecule has 92 valence electrons. The van der Waals surface area contributed by atoms with Crippen molar-refractivity contribution in [3.63, 3.8) is 0 Å². The van der Waals surface area contributed by atoms with Crippen molar-refractivity contribution >= 4 is 12.0 Å². The Balaban J connectivity index is 0.00000225. The Labute approximate surface area is 102 Å². The summed E-state index contributed by atoms with van der Waals surface area (Å²) < 4.78 is 7.30. The first kappa shape index (κ1) is 14.7. The lowest BCUT2D eigenvalue weighted by molar-refractivity contribution is -0.00000421. The highest BCUT2D eigenvalue weighted by Crippen LogP contribution is 2.07. The summed E-state index contributed by atoms with van der Waals surface area (Å²) in [6.45, 7) is 0. The van der Waals surface area contributed by atoms with Crippen LogP contribution in [0.25, 0.3) is 0 Å². The molecule has 0 aliphatic carbocycles. The molecule has 0 fully saturated rings. The van der Waals surface area contributed by atoms with Gasteiger partial charge >= 0.3 is 17.6 Å². The second kappa shape index (κ2) is 5.69. The molecule has 16 heavy (non-hydrogen) atoms. The molecule has 0 amide bonds. The van der Waals surface area contributed by atoms with Gasteiger partial charge in [0, 0.05) is 33.2 Å². The Kier molecular flexibility index (Phi) is 5.23. The zero-order valence-electron chi connectivity index (χ0n) is 10.5. The molecule has 6 nitrogen and oxygen atoms in total. The fourth-order valence-corrected chi connectivity index (χ4v) is 0.906. The van der Waals surface area contributed by atoms with Crippen molar-refractivity contribution in [1.82, 2.24) is 14.5 Å². The van der Waals surface area contributed by atoms with Gasteiger partial charge in [-0.3, -0.25) is 0 Å². The highest BCUT2D eigenvalue weighted by molar-refractivity contribution is 5.32. The third-order valence-corrected chi connectivity index (χ3v) is 1.74. The van der Waals surface area contributed by atoms with Gasteiger partial charge in [-0.1, -0.05) is 0 Å². The molecule has 0 saturated carbocycles. The van der Waals surface area contributed by atoms with Gasteiger partial charge in [0.1, 0.15) is 0 Å². The molecule has 0 atom stereocenters. The molecule has 0 aliphatic heterocycles. The molecule has 1 heterocycles. The molecule has 0 aromatic carbocycles. The first-order valence-corrected chi connectivity index (χ1v) is 4.66. The van der Waals surface area contributed by atoms with Crippen LogP contribution in [0.4, 0.5) is 12.0 Å². The molecule has 7 heteroatoms. The lowest BCUT2D eigenvalue weighted by Gasteiger charge is -2.10. The molecule has 0 saturated heterocycles. The maximum Gasteiger partial charge on any atom is 0.504 e. The third kappa shape index (κ3) is 3.37. The third-order valence-electron chi connectivity index (χ3n) is 1.74. The van der Waals surface area contributed by atoms with Crippen LogP contribution >= 0.6 is 0 Å². The van der Waals surface area contributed by atoms with E-state index in [1.165, 1.54) is 0 Å². The van der Waals surface area contributed by atoms with Crippen LogP contribution in [-0.4, -0.2) is 52.3 Å². The average Bonchev–Trinajstić information content (AvgIpc) is 2.16. The molecule has 0 aliphatic rings. The molecule has 0 N–H and O–H groups in total. The molecule has 1 aromatic rings. The summed E-state index contributed by atoms with van der Waals surface area (Å²) in [7, 11) is 11.3. The quantitative estimate of drug-likeness (QED) is 0.503. The van der Waals surface area contributed by atoms with Crippen LogP contribution in [0.1, 0.15) is 0 Å². The maximum absolute atomic E-state index is 5.49. The average molecular weight is 248 g/mol. The second-order valence-corrected chi connectivity index (χ2v) is 3.87. The Morgan fingerprint density at radius 1 is 1.00 bits per heavy atom. The minimum absolute atomic E-state index is 0. The second-order valence-electron chi connectivity index (χ2n) is 3.87. The normalized spacial score (nSPS) is 9.38. The first-order valence-electron chi connectivity index (χ1n) is 4.66. The fourth-order valence-electron chi connectivity index (χ4n) is 0.906. The van der Waals surface area contributed by atoms with E-state index in [1.807, 2.05) is 56.7 Å². The minimum atomic E-state index is 0. The van der Waals surface area contributed by atoms with Crippen molar-refractivity contribution in [2.75, 3.05) is 52.1 Å². The summed E-state index contributed by atoms with van der Waals surface area (Å²) in [6.07, 6.45) is 0. The van der Waals surface area contributed by atoms with Gasteiger partial charge < -0.3 is 26.6 Å². The zero-order chi connectivity index (χ0) is 11.6. The van der Waals surface area contributed by atoms with E-state index >= 15 is 0 Å². The van der Waals surface area contributed by atoms with Crippen molar-refractivity contribution in [1.29, 1.82) is 0 Å². The van der Waals surface area contributed by atoms with Gasteiger partial charge in [-0.2, -0.15) is 0 Å². The Morgan fingerprint density at radius 3 is 1.94 bits per heavy atom. The minimum Gasteiger partial charge on any atom is -1.00 e. The van der Waals surface area contributed by atoms with Gasteiger partial charge in [-0.25, -0.2) is 4.58 Å². The SMILES string of the molecule is CN(C)c1nc(N(C)C)oc(=[N+](C)C)n1.[Cl-]. The van der Waals surface area contributed by atoms with Gasteiger partial charge in [0.25, 0.3) is 0 Å². The summed E-state index contributed by atoms with van der Waals surface area (Å²) in [5.41, 5.74) is 0.539. The van der Waals surface area contributed by atoms with Gasteiger partial charge in [0.05, 0.1) is 14.1 Å². The molecule has 0 bridgehead atoms. The monoisotopic (exact) mass is 247 g/mol. The first-order chi connectivity index (χ1) is 6.91. The number of anilines is 2. The molecule has 0 unspecified atom stereocenters. The highest BCUT2D eigenvalue weighted by atomic mass is 35.5. The summed E-state index contributed by atoms with van der Waals surface area (Å²) in [6, 6.07) is 0.539. The predicted octanol–water partition coefficient (Wildman–Crippen LogP) is -3.76. The summed E-state index contributed by atoms with van der Waals surface area (Å²) >= 11 is 0. The Morgan fingerprint density at radius 2 is 1.56 bits per heavy atom. The van der Waals surface area contributed by atoms with E-state index in [9.17, 15) is 0 Å². The fraction of sp³-hybridized carbons (Fsp3) is 0.667. The summed E-state index contributed by atoms with van der Waals surface area (Å²) in [5.74, 6) is 0.633. The van der Waals surface area contributed by atoms with E-state index in [0.29, 0.717) is 17.6 Å². The van der Waals surface area contributed by atoms with Crippen LogP contribution in [0.5, 0.6) is 0 Å². The van der Waals surface area contributed by atoms with E-state index in [1.54, 1.807) is 0 Å². The van der Waals surface area contributed by atoms with Crippen LogP contribution in [0.2, 0.25) is 0 Å². The lowest BCUT2D eigenvalue weighted by Crippen LogP contribution is -3.00. The number of hydrogen-bond donors (Lipinski definition) is 0. The lowest BCUT2D eigenvalue weighted by atomic mass is 10.7. The number of halogens is 1. The predicted molar refractivity (Wildman–Crippen MR) is 60.1 cm³/mol. The van der Waals surface area contributed by atoms with Gasteiger partial charge in [-0.05, 0) is 0 Å². The standard InChI is InChI=1S/C9H18N5O.ClH/c1-12(2)7-10-8(13(3)4)15-9(11-7)14(5)6;/h1-6H3;1H/q+1;/p-1. The van der Waals surface area contributed by atoms with Gasteiger partial charge in [-0.15, -0.1) is 4.98 Å². The van der Waals surface area contributed by atoms with E-state index in [4.69, 9.17) is 4.42 Å². The van der Waals surface area contributed by atoms with E-state index < -0.39 is 0 Å². The van der Waals surface area contributed by atoms with Crippen molar-refractivity contribution in [2.45, 2.75) is 0 Å². The summed E-state index contributed by atoms with van der Waals surface area (Å²) in [5, 5.41) is 0. The molecular formula is C9H18ClN5O. The number of hydrogen-bond acceptors (Lipinski definition) is 5. The maximum atomic E-state index is 5.49. The zero-order valence-corrected chi connectivity index (χ0v) is 11.3. The van der Waals surface area contributed by atoms with Crippen LogP contribution in [0, 0.1) is 0 Å². The smallest absolute Gasteiger partial charge is 0.504 e. The van der Waals surface area contributed by atoms with Crippen molar-refractivity contribution < 1.29 is 16.8 Å². The van der Waals surface area contributed by atoms with Crippen molar-refractivity contribution in [3.05, 3.63) is 5.68 Å². The molecule has 1 rings (SSSR count). The van der Waals surface area contributed by atoms with Crippen molar-refractivity contribution in [2.24, 2.45) is 0 Å². The van der Waals surface area contributed by atoms with Crippen LogP contribution in [-0.2, 0) is 0 Å². The number of aromatic nitrogens is 2. The number of nitrogens with zero attached hydrogens (tertiary/aromatic N) is 5. The van der Waals surface area contributed by atoms with Crippen molar-refractivity contribution in [3.8, 4) is 0 Å².